The third-order valence-corrected chi connectivity index (χ3v) is 4.29. The molecule has 1 unspecified atom stereocenters. The summed E-state index contributed by atoms with van der Waals surface area (Å²) in [6, 6.07) is 8.33. The molecular formula is C16H11BrFN3O. The van der Waals surface area contributed by atoms with Gasteiger partial charge in [0.15, 0.2) is 0 Å². The number of halogens is 2. The smallest absolute Gasteiger partial charge is 0.250 e. The van der Waals surface area contributed by atoms with Crippen LogP contribution in [0.25, 0.3) is 0 Å². The van der Waals surface area contributed by atoms with Crippen molar-refractivity contribution in [3.63, 3.8) is 0 Å². The molecule has 0 bridgehead atoms. The van der Waals surface area contributed by atoms with Crippen LogP contribution >= 0.6 is 15.9 Å². The first-order chi connectivity index (χ1) is 10.5. The molecule has 2 heterocycles. The van der Waals surface area contributed by atoms with Crippen molar-refractivity contribution < 1.29 is 4.39 Å². The molecule has 1 aromatic carbocycles. The molecule has 1 aliphatic heterocycles. The summed E-state index contributed by atoms with van der Waals surface area (Å²) in [5.74, 6) is -0.714. The number of nitriles is 1. The molecule has 0 saturated carbocycles. The van der Waals surface area contributed by atoms with Gasteiger partial charge < -0.3 is 10.3 Å². The van der Waals surface area contributed by atoms with E-state index < -0.39 is 0 Å². The minimum Gasteiger partial charge on any atom is -0.358 e. The van der Waals surface area contributed by atoms with Crippen LogP contribution in [0, 0.1) is 17.1 Å². The molecule has 0 saturated heterocycles. The zero-order valence-corrected chi connectivity index (χ0v) is 13.2. The van der Waals surface area contributed by atoms with E-state index in [2.05, 4.69) is 32.3 Å². The minimum atomic E-state index is -0.362. The Morgan fingerprint density at radius 1 is 1.36 bits per heavy atom. The molecule has 110 valence electrons. The molecule has 1 aromatic heterocycles. The summed E-state index contributed by atoms with van der Waals surface area (Å²) in [7, 11) is 0. The van der Waals surface area contributed by atoms with Gasteiger partial charge in [-0.25, -0.2) is 4.39 Å². The number of rotatable bonds is 1. The lowest BCUT2D eigenvalue weighted by Crippen LogP contribution is -2.20. The fraction of sp³-hybridized carbons (Fsp3) is 0.125. The second-order valence-corrected chi connectivity index (χ2v) is 5.90. The largest absolute Gasteiger partial charge is 0.358 e. The Balaban J connectivity index is 2.25. The van der Waals surface area contributed by atoms with Gasteiger partial charge in [0.2, 0.25) is 5.56 Å². The van der Waals surface area contributed by atoms with E-state index in [9.17, 15) is 14.4 Å². The Kier molecular flexibility index (Phi) is 3.59. The number of benzene rings is 1. The Morgan fingerprint density at radius 2 is 2.14 bits per heavy atom. The minimum absolute atomic E-state index is 0.224. The van der Waals surface area contributed by atoms with Crippen molar-refractivity contribution in [2.45, 2.75) is 12.8 Å². The first-order valence-electron chi connectivity index (χ1n) is 6.56. The van der Waals surface area contributed by atoms with Gasteiger partial charge in [0.25, 0.3) is 0 Å². The molecule has 0 radical (unpaired) electrons. The summed E-state index contributed by atoms with van der Waals surface area (Å²) in [5, 5.41) is 12.6. The number of H-pyrrole nitrogens is 1. The standard InChI is InChI=1S/C16H11BrFN3O/c1-8-10(6-19)16(9-2-3-13(18)12(17)4-9)11-7-20-15(22)5-14(11)21-8/h2-5,7,16,21H,1H3,(H,20,22). The number of hydrogen-bond donors (Lipinski definition) is 2. The molecule has 0 fully saturated rings. The van der Waals surface area contributed by atoms with Gasteiger partial charge in [0, 0.05) is 35.1 Å². The van der Waals surface area contributed by atoms with Crippen molar-refractivity contribution in [1.29, 1.82) is 5.26 Å². The van der Waals surface area contributed by atoms with Crippen LogP contribution < -0.4 is 10.9 Å². The fourth-order valence-electron chi connectivity index (χ4n) is 2.66. The highest BCUT2D eigenvalue weighted by atomic mass is 79.9. The number of hydrogen-bond acceptors (Lipinski definition) is 3. The van der Waals surface area contributed by atoms with Crippen LogP contribution in [-0.2, 0) is 0 Å². The van der Waals surface area contributed by atoms with Gasteiger partial charge in [-0.3, -0.25) is 4.79 Å². The maximum Gasteiger partial charge on any atom is 0.250 e. The van der Waals surface area contributed by atoms with Crippen LogP contribution in [0.3, 0.4) is 0 Å². The molecule has 22 heavy (non-hydrogen) atoms. The second kappa shape index (κ2) is 5.43. The van der Waals surface area contributed by atoms with Crippen LogP contribution in [0.2, 0.25) is 0 Å². The number of pyridine rings is 1. The lowest BCUT2D eigenvalue weighted by Gasteiger charge is -2.27. The van der Waals surface area contributed by atoms with Gasteiger partial charge in [0.1, 0.15) is 5.82 Å². The number of allylic oxidation sites excluding steroid dienone is 2. The van der Waals surface area contributed by atoms with Crippen LogP contribution in [0.5, 0.6) is 0 Å². The average Bonchev–Trinajstić information content (AvgIpc) is 2.48. The van der Waals surface area contributed by atoms with E-state index in [1.165, 1.54) is 12.1 Å². The van der Waals surface area contributed by atoms with Crippen molar-refractivity contribution in [3.05, 3.63) is 73.5 Å². The van der Waals surface area contributed by atoms with Gasteiger partial charge in [-0.05, 0) is 40.5 Å². The highest BCUT2D eigenvalue weighted by Gasteiger charge is 2.28. The molecule has 1 aliphatic rings. The zero-order valence-electron chi connectivity index (χ0n) is 11.6. The predicted molar refractivity (Wildman–Crippen MR) is 84.9 cm³/mol. The Bertz CT molecular complexity index is 895. The monoisotopic (exact) mass is 359 g/mol. The molecule has 2 N–H and O–H groups in total. The lowest BCUT2D eigenvalue weighted by molar-refractivity contribution is 0.620. The van der Waals surface area contributed by atoms with Gasteiger partial charge in [-0.1, -0.05) is 6.07 Å². The van der Waals surface area contributed by atoms with E-state index in [1.807, 2.05) is 0 Å². The van der Waals surface area contributed by atoms with E-state index in [0.717, 1.165) is 11.1 Å². The van der Waals surface area contributed by atoms with E-state index in [-0.39, 0.29) is 17.3 Å². The van der Waals surface area contributed by atoms with Gasteiger partial charge in [0.05, 0.1) is 16.1 Å². The number of nitrogens with one attached hydrogen (secondary N) is 2. The predicted octanol–water partition coefficient (Wildman–Crippen LogP) is 3.63. The van der Waals surface area contributed by atoms with Crippen molar-refractivity contribution in [1.82, 2.24) is 4.98 Å². The third kappa shape index (κ3) is 2.34. The van der Waals surface area contributed by atoms with Crippen LogP contribution in [0.1, 0.15) is 24.0 Å². The summed E-state index contributed by atoms with van der Waals surface area (Å²) in [5.41, 5.74) is 3.22. The highest BCUT2D eigenvalue weighted by Crippen LogP contribution is 2.41. The maximum absolute atomic E-state index is 13.5. The molecule has 3 rings (SSSR count). The number of fused-ring (bicyclic) bond motifs is 1. The third-order valence-electron chi connectivity index (χ3n) is 3.68. The van der Waals surface area contributed by atoms with Crippen molar-refractivity contribution in [3.8, 4) is 6.07 Å². The SMILES string of the molecule is CC1=C(C#N)C(c2ccc(F)c(Br)c2)c2c[nH]c(=O)cc2N1. The summed E-state index contributed by atoms with van der Waals surface area (Å²) >= 11 is 3.17. The Morgan fingerprint density at radius 3 is 2.82 bits per heavy atom. The molecule has 2 aromatic rings. The first-order valence-corrected chi connectivity index (χ1v) is 7.36. The first kappa shape index (κ1) is 14.5. The molecule has 6 heteroatoms. The normalized spacial score (nSPS) is 16.7. The van der Waals surface area contributed by atoms with Crippen LogP contribution in [-0.4, -0.2) is 4.98 Å². The molecule has 0 aliphatic carbocycles. The molecule has 0 amide bonds. The topological polar surface area (TPSA) is 68.7 Å². The van der Waals surface area contributed by atoms with Crippen molar-refractivity contribution in [2.75, 3.05) is 5.32 Å². The Hall–Kier alpha value is -2.39. The second-order valence-electron chi connectivity index (χ2n) is 5.05. The molecule has 1 atom stereocenters. The summed E-state index contributed by atoms with van der Waals surface area (Å²) < 4.78 is 13.8. The molecular weight excluding hydrogens is 349 g/mol. The lowest BCUT2D eigenvalue weighted by atomic mass is 9.82. The van der Waals surface area contributed by atoms with Crippen molar-refractivity contribution >= 4 is 21.6 Å². The maximum atomic E-state index is 13.5. The number of aromatic nitrogens is 1. The van der Waals surface area contributed by atoms with Gasteiger partial charge in [-0.15, -0.1) is 0 Å². The number of anilines is 1. The quantitative estimate of drug-likeness (QED) is 0.816. The average molecular weight is 360 g/mol. The number of nitrogens with zero attached hydrogens (tertiary/aromatic N) is 1. The highest BCUT2D eigenvalue weighted by molar-refractivity contribution is 9.10. The summed E-state index contributed by atoms with van der Waals surface area (Å²) in [6.07, 6.45) is 1.59. The van der Waals surface area contributed by atoms with Gasteiger partial charge >= 0.3 is 0 Å². The van der Waals surface area contributed by atoms with E-state index >= 15 is 0 Å². The van der Waals surface area contributed by atoms with Crippen LogP contribution in [0.4, 0.5) is 10.1 Å². The zero-order chi connectivity index (χ0) is 15.9. The van der Waals surface area contributed by atoms with Gasteiger partial charge in [-0.2, -0.15) is 5.26 Å². The van der Waals surface area contributed by atoms with Crippen molar-refractivity contribution in [2.24, 2.45) is 0 Å². The molecule has 0 spiro atoms. The van der Waals surface area contributed by atoms with E-state index in [1.54, 1.807) is 25.3 Å². The summed E-state index contributed by atoms with van der Waals surface area (Å²) in [6.45, 7) is 1.79. The van der Waals surface area contributed by atoms with E-state index in [0.29, 0.717) is 21.4 Å². The van der Waals surface area contributed by atoms with Crippen LogP contribution in [0.15, 0.2) is 51.0 Å². The fourth-order valence-corrected chi connectivity index (χ4v) is 3.05. The van der Waals surface area contributed by atoms with E-state index in [4.69, 9.17) is 0 Å². The summed E-state index contributed by atoms with van der Waals surface area (Å²) in [4.78, 5) is 14.1. The number of aromatic amines is 1. The Labute approximate surface area is 134 Å². The molecule has 4 nitrogen and oxygen atoms in total.